The lowest BCUT2D eigenvalue weighted by atomic mass is 9.89. The minimum Gasteiger partial charge on any atom is -0.418 e. The van der Waals surface area contributed by atoms with Gasteiger partial charge in [-0.25, -0.2) is 18.5 Å². The highest BCUT2D eigenvalue weighted by Crippen LogP contribution is 2.47. The number of primary sulfonamides is 1. The molecule has 8 nitrogen and oxygen atoms in total. The summed E-state index contributed by atoms with van der Waals surface area (Å²) in [5.74, 6) is 0.0210. The zero-order valence-corrected chi connectivity index (χ0v) is 21.4. The van der Waals surface area contributed by atoms with Crippen molar-refractivity contribution in [2.24, 2.45) is 10.1 Å². The van der Waals surface area contributed by atoms with Gasteiger partial charge in [0, 0.05) is 16.9 Å². The van der Waals surface area contributed by atoms with E-state index < -0.39 is 15.9 Å². The summed E-state index contributed by atoms with van der Waals surface area (Å²) in [6.07, 6.45) is 1.63. The van der Waals surface area contributed by atoms with Crippen molar-refractivity contribution in [1.29, 1.82) is 5.26 Å². The molecule has 0 fully saturated rings. The van der Waals surface area contributed by atoms with Crippen LogP contribution in [-0.4, -0.2) is 19.6 Å². The van der Waals surface area contributed by atoms with E-state index in [9.17, 15) is 13.7 Å². The number of anilines is 2. The lowest BCUT2D eigenvalue weighted by Gasteiger charge is -2.22. The Hall–Kier alpha value is -4.01. The largest absolute Gasteiger partial charge is 0.418 e. The van der Waals surface area contributed by atoms with Gasteiger partial charge in [0.2, 0.25) is 21.8 Å². The highest BCUT2D eigenvalue weighted by Gasteiger charge is 2.35. The summed E-state index contributed by atoms with van der Waals surface area (Å²) >= 11 is 7.43. The number of rotatable bonds is 6. The van der Waals surface area contributed by atoms with Crippen molar-refractivity contribution in [2.45, 2.75) is 10.8 Å². The van der Waals surface area contributed by atoms with Gasteiger partial charge in [0.1, 0.15) is 11.6 Å². The zero-order valence-electron chi connectivity index (χ0n) is 19.0. The predicted octanol–water partition coefficient (Wildman–Crippen LogP) is 5.57. The number of ether oxygens (including phenoxy) is 1. The SMILES string of the molecule is N#CC1=C(N=Cc2ccccc2)Oc2nc(Nc3ccc(S(N)(=O)=O)cc3)sc2C1c1ccc(Cl)cc1. The smallest absolute Gasteiger partial charge is 0.238 e. The molecule has 0 spiro atoms. The van der Waals surface area contributed by atoms with Gasteiger partial charge in [-0.3, -0.25) is 0 Å². The fourth-order valence-electron chi connectivity index (χ4n) is 3.73. The van der Waals surface area contributed by atoms with Crippen LogP contribution < -0.4 is 15.2 Å². The fraction of sp³-hybridized carbons (Fsp3) is 0.0385. The Morgan fingerprint density at radius 1 is 1.08 bits per heavy atom. The molecule has 37 heavy (non-hydrogen) atoms. The molecule has 2 heterocycles. The van der Waals surface area contributed by atoms with Gasteiger partial charge in [0.15, 0.2) is 5.13 Å². The highest BCUT2D eigenvalue weighted by molar-refractivity contribution is 7.89. The average molecular weight is 548 g/mol. The topological polar surface area (TPSA) is 130 Å². The van der Waals surface area contributed by atoms with Crippen LogP contribution in [0.25, 0.3) is 0 Å². The molecular formula is C26H18ClN5O3S2. The summed E-state index contributed by atoms with van der Waals surface area (Å²) in [4.78, 5) is 9.80. The number of allylic oxidation sites excluding steroid dienone is 1. The van der Waals surface area contributed by atoms with Crippen LogP contribution in [-0.2, 0) is 10.0 Å². The molecule has 184 valence electrons. The number of fused-ring (bicyclic) bond motifs is 1. The van der Waals surface area contributed by atoms with Crippen LogP contribution in [0.4, 0.5) is 10.8 Å². The Morgan fingerprint density at radius 3 is 2.43 bits per heavy atom. The Labute approximate surface area is 222 Å². The third-order valence-electron chi connectivity index (χ3n) is 5.48. The normalized spacial score (nSPS) is 15.2. The van der Waals surface area contributed by atoms with Crippen molar-refractivity contribution in [3.05, 3.63) is 111 Å². The van der Waals surface area contributed by atoms with Gasteiger partial charge in [-0.15, -0.1) is 0 Å². The molecule has 0 radical (unpaired) electrons. The molecule has 0 aliphatic carbocycles. The predicted molar refractivity (Wildman–Crippen MR) is 144 cm³/mol. The van der Waals surface area contributed by atoms with Crippen molar-refractivity contribution in [2.75, 3.05) is 5.32 Å². The molecule has 0 amide bonds. The van der Waals surface area contributed by atoms with Crippen LogP contribution >= 0.6 is 22.9 Å². The van der Waals surface area contributed by atoms with Gasteiger partial charge in [-0.2, -0.15) is 10.2 Å². The van der Waals surface area contributed by atoms with Crippen molar-refractivity contribution < 1.29 is 13.2 Å². The number of aliphatic imine (C=N–C) groups is 1. The molecule has 1 atom stereocenters. The number of nitrogens with zero attached hydrogens (tertiary/aromatic N) is 3. The second-order valence-electron chi connectivity index (χ2n) is 7.97. The van der Waals surface area contributed by atoms with E-state index in [-0.39, 0.29) is 10.8 Å². The standard InChI is InChI=1S/C26H18ClN5O3S2/c27-18-8-6-17(7-9-18)22-21(14-28)24(30-15-16-4-2-1-3-5-16)35-25-23(22)36-26(32-25)31-19-10-12-20(13-11-19)37(29,33)34/h1-13,15,22H,(H,31,32)(H2,29,33,34). The minimum atomic E-state index is -3.80. The molecule has 0 saturated heterocycles. The van der Waals surface area contributed by atoms with E-state index in [2.05, 4.69) is 21.4 Å². The lowest BCUT2D eigenvalue weighted by Crippen LogP contribution is -2.14. The quantitative estimate of drug-likeness (QED) is 0.304. The number of nitriles is 1. The summed E-state index contributed by atoms with van der Waals surface area (Å²) in [6.45, 7) is 0. The van der Waals surface area contributed by atoms with Crippen molar-refractivity contribution >= 4 is 50.0 Å². The Morgan fingerprint density at radius 2 is 1.78 bits per heavy atom. The molecular weight excluding hydrogens is 530 g/mol. The molecule has 5 rings (SSSR count). The highest BCUT2D eigenvalue weighted by atomic mass is 35.5. The first kappa shape index (κ1) is 24.7. The van der Waals surface area contributed by atoms with Gasteiger partial charge in [0.05, 0.1) is 15.7 Å². The van der Waals surface area contributed by atoms with Crippen LogP contribution in [0.2, 0.25) is 5.02 Å². The summed E-state index contributed by atoms with van der Waals surface area (Å²) in [6, 6.07) is 25.0. The maximum atomic E-state index is 11.5. The van der Waals surface area contributed by atoms with Gasteiger partial charge in [-0.1, -0.05) is 65.4 Å². The van der Waals surface area contributed by atoms with E-state index in [0.717, 1.165) is 16.0 Å². The maximum absolute atomic E-state index is 11.5. The maximum Gasteiger partial charge on any atom is 0.238 e. The number of nitrogens with two attached hydrogens (primary N) is 1. The zero-order chi connectivity index (χ0) is 26.0. The minimum absolute atomic E-state index is 0.00593. The van der Waals surface area contributed by atoms with E-state index in [1.807, 2.05) is 42.5 Å². The van der Waals surface area contributed by atoms with Crippen LogP contribution in [0.5, 0.6) is 5.88 Å². The molecule has 0 bridgehead atoms. The molecule has 3 aromatic carbocycles. The number of hydrogen-bond donors (Lipinski definition) is 2. The molecule has 11 heteroatoms. The molecule has 4 aromatic rings. The van der Waals surface area contributed by atoms with E-state index in [0.29, 0.717) is 27.3 Å². The summed E-state index contributed by atoms with van der Waals surface area (Å²) < 4.78 is 29.1. The average Bonchev–Trinajstić information content (AvgIpc) is 3.29. The third kappa shape index (κ3) is 5.40. The fourth-order valence-corrected chi connectivity index (χ4v) is 5.43. The first-order valence-electron chi connectivity index (χ1n) is 10.9. The van der Waals surface area contributed by atoms with E-state index in [1.165, 1.54) is 23.5 Å². The number of halogens is 1. The first-order chi connectivity index (χ1) is 17.8. The Balaban J connectivity index is 1.53. The monoisotopic (exact) mass is 547 g/mol. The van der Waals surface area contributed by atoms with Crippen LogP contribution in [0.3, 0.4) is 0 Å². The lowest BCUT2D eigenvalue weighted by molar-refractivity contribution is 0.384. The van der Waals surface area contributed by atoms with Crippen LogP contribution in [0, 0.1) is 11.3 Å². The van der Waals surface area contributed by atoms with Crippen LogP contribution in [0.1, 0.15) is 21.9 Å². The summed E-state index contributed by atoms with van der Waals surface area (Å²) in [5, 5.41) is 19.5. The molecule has 1 aliphatic rings. The van der Waals surface area contributed by atoms with E-state index >= 15 is 0 Å². The van der Waals surface area contributed by atoms with Crippen molar-refractivity contribution in [1.82, 2.24) is 4.98 Å². The first-order valence-corrected chi connectivity index (χ1v) is 13.6. The van der Waals surface area contributed by atoms with Gasteiger partial charge >= 0.3 is 0 Å². The Kier molecular flexibility index (Phi) is 6.78. The second kappa shape index (κ2) is 10.2. The second-order valence-corrected chi connectivity index (χ2v) is 11.0. The molecule has 1 unspecified atom stereocenters. The number of benzene rings is 3. The number of nitrogens with one attached hydrogen (secondary N) is 1. The van der Waals surface area contributed by atoms with Crippen LogP contribution in [0.15, 0.2) is 100 Å². The summed E-state index contributed by atoms with van der Waals surface area (Å²) in [7, 11) is -3.80. The number of aromatic nitrogens is 1. The third-order valence-corrected chi connectivity index (χ3v) is 7.68. The molecule has 3 N–H and O–H groups in total. The Bertz CT molecular complexity index is 1660. The van der Waals surface area contributed by atoms with E-state index in [1.54, 1.807) is 30.5 Å². The summed E-state index contributed by atoms with van der Waals surface area (Å²) in [5.41, 5.74) is 2.64. The van der Waals surface area contributed by atoms with Gasteiger partial charge in [-0.05, 0) is 47.5 Å². The molecule has 1 aromatic heterocycles. The van der Waals surface area contributed by atoms with Crippen molar-refractivity contribution in [3.8, 4) is 11.9 Å². The number of sulfonamides is 1. The van der Waals surface area contributed by atoms with Gasteiger partial charge in [0.25, 0.3) is 0 Å². The number of hydrogen-bond acceptors (Lipinski definition) is 8. The van der Waals surface area contributed by atoms with Crippen molar-refractivity contribution in [3.63, 3.8) is 0 Å². The van der Waals surface area contributed by atoms with E-state index in [4.69, 9.17) is 21.5 Å². The number of thiazole rings is 1. The molecule has 1 aliphatic heterocycles. The van der Waals surface area contributed by atoms with Gasteiger partial charge < -0.3 is 10.1 Å². The molecule has 0 saturated carbocycles.